The van der Waals surface area contributed by atoms with Crippen molar-refractivity contribution in [3.8, 4) is 0 Å². The largest absolute Gasteiger partial charge is 0.368 e. The third kappa shape index (κ3) is 2.97. The van der Waals surface area contributed by atoms with Crippen LogP contribution in [0.1, 0.15) is 12.8 Å². The smallest absolute Gasteiger partial charge is 0.253 e. The van der Waals surface area contributed by atoms with E-state index in [0.29, 0.717) is 6.54 Å². The van der Waals surface area contributed by atoms with E-state index in [-0.39, 0.29) is 6.54 Å². The zero-order valence-electron chi connectivity index (χ0n) is 10.6. The van der Waals surface area contributed by atoms with Gasteiger partial charge in [0.25, 0.3) is 11.9 Å². The molecule has 0 saturated carbocycles. The van der Waals surface area contributed by atoms with E-state index in [0.717, 1.165) is 25.9 Å². The van der Waals surface area contributed by atoms with E-state index < -0.39 is 29.2 Å². The molecule has 106 valence electrons. The lowest BCUT2D eigenvalue weighted by atomic mass is 10.3. The second-order valence-corrected chi connectivity index (χ2v) is 4.64. The van der Waals surface area contributed by atoms with Gasteiger partial charge in [0.1, 0.15) is 5.69 Å². The Morgan fingerprint density at radius 3 is 2.11 bits per heavy atom. The minimum absolute atomic E-state index is 0.288. The first kappa shape index (κ1) is 14.0. The van der Waals surface area contributed by atoms with Crippen molar-refractivity contribution < 1.29 is 17.6 Å². The number of aromatic nitrogens is 1. The fourth-order valence-corrected chi connectivity index (χ4v) is 2.22. The first-order chi connectivity index (χ1) is 9.00. The summed E-state index contributed by atoms with van der Waals surface area (Å²) in [5, 5.41) is 0. The first-order valence-electron chi connectivity index (χ1n) is 6.14. The van der Waals surface area contributed by atoms with E-state index in [1.165, 1.54) is 11.9 Å². The molecule has 0 amide bonds. The highest BCUT2D eigenvalue weighted by Gasteiger charge is 2.24. The second-order valence-electron chi connectivity index (χ2n) is 4.64. The number of likely N-dealkylation sites (tertiary alicyclic amines) is 1. The molecule has 2 rings (SSSR count). The zero-order valence-corrected chi connectivity index (χ0v) is 10.6. The van der Waals surface area contributed by atoms with E-state index in [1.54, 1.807) is 0 Å². The zero-order chi connectivity index (χ0) is 14.0. The monoisotopic (exact) mass is 277 g/mol. The maximum absolute atomic E-state index is 13.5. The molecule has 0 N–H and O–H groups in total. The molecule has 1 aliphatic heterocycles. The van der Waals surface area contributed by atoms with E-state index in [1.807, 2.05) is 0 Å². The van der Waals surface area contributed by atoms with Gasteiger partial charge in [-0.2, -0.15) is 22.5 Å². The summed E-state index contributed by atoms with van der Waals surface area (Å²) in [6.07, 6.45) is 2.20. The Bertz CT molecular complexity index is 435. The molecule has 1 fully saturated rings. The molecule has 0 aromatic carbocycles. The maximum Gasteiger partial charge on any atom is 0.253 e. The van der Waals surface area contributed by atoms with Gasteiger partial charge < -0.3 is 9.80 Å². The van der Waals surface area contributed by atoms with E-state index in [2.05, 4.69) is 9.88 Å². The van der Waals surface area contributed by atoms with Crippen molar-refractivity contribution in [3.63, 3.8) is 0 Å². The number of halogens is 4. The predicted molar refractivity (Wildman–Crippen MR) is 63.0 cm³/mol. The number of nitrogens with zero attached hydrogens (tertiary/aromatic N) is 3. The number of anilines is 1. The van der Waals surface area contributed by atoms with Crippen LogP contribution in [0.3, 0.4) is 0 Å². The van der Waals surface area contributed by atoms with Crippen LogP contribution in [0.25, 0.3) is 0 Å². The molecular weight excluding hydrogens is 262 g/mol. The summed E-state index contributed by atoms with van der Waals surface area (Å²) in [5.74, 6) is -6.16. The van der Waals surface area contributed by atoms with Gasteiger partial charge in [-0.05, 0) is 25.9 Å². The lowest BCUT2D eigenvalue weighted by Gasteiger charge is -2.23. The minimum Gasteiger partial charge on any atom is -0.368 e. The number of pyridine rings is 1. The van der Waals surface area contributed by atoms with E-state index >= 15 is 0 Å². The van der Waals surface area contributed by atoms with Crippen LogP contribution in [0.4, 0.5) is 23.2 Å². The molecule has 19 heavy (non-hydrogen) atoms. The number of likely N-dealkylation sites (N-methyl/N-ethyl adjacent to an activating group) is 1. The van der Waals surface area contributed by atoms with Crippen LogP contribution in [0, 0.1) is 23.5 Å². The van der Waals surface area contributed by atoms with Crippen LogP contribution >= 0.6 is 0 Å². The van der Waals surface area contributed by atoms with Gasteiger partial charge in [-0.15, -0.1) is 0 Å². The van der Waals surface area contributed by atoms with Gasteiger partial charge >= 0.3 is 0 Å². The summed E-state index contributed by atoms with van der Waals surface area (Å²) < 4.78 is 53.0. The van der Waals surface area contributed by atoms with Crippen LogP contribution in [-0.4, -0.2) is 43.1 Å². The number of hydrogen-bond acceptors (Lipinski definition) is 3. The first-order valence-corrected chi connectivity index (χ1v) is 6.14. The lowest BCUT2D eigenvalue weighted by Crippen LogP contribution is -2.32. The Balaban J connectivity index is 2.11. The van der Waals surface area contributed by atoms with Crippen molar-refractivity contribution in [3.05, 3.63) is 23.5 Å². The third-order valence-corrected chi connectivity index (χ3v) is 3.31. The fourth-order valence-electron chi connectivity index (χ4n) is 2.22. The highest BCUT2D eigenvalue weighted by molar-refractivity contribution is 5.47. The van der Waals surface area contributed by atoms with Gasteiger partial charge in [0, 0.05) is 20.1 Å². The molecule has 3 nitrogen and oxygen atoms in total. The molecule has 0 atom stereocenters. The Morgan fingerprint density at radius 2 is 1.58 bits per heavy atom. The third-order valence-electron chi connectivity index (χ3n) is 3.31. The van der Waals surface area contributed by atoms with E-state index in [4.69, 9.17) is 0 Å². The summed E-state index contributed by atoms with van der Waals surface area (Å²) >= 11 is 0. The quantitative estimate of drug-likeness (QED) is 0.621. The van der Waals surface area contributed by atoms with Crippen LogP contribution in [0.2, 0.25) is 0 Å². The predicted octanol–water partition coefficient (Wildman–Crippen LogP) is 2.17. The molecule has 2 heterocycles. The minimum atomic E-state index is -1.62. The Morgan fingerprint density at radius 1 is 1.05 bits per heavy atom. The summed E-state index contributed by atoms with van der Waals surface area (Å²) in [6, 6.07) is 0. The molecule has 7 heteroatoms. The van der Waals surface area contributed by atoms with Crippen LogP contribution in [0.5, 0.6) is 0 Å². The molecule has 0 unspecified atom stereocenters. The fraction of sp³-hybridized carbons (Fsp3) is 0.583. The van der Waals surface area contributed by atoms with Crippen molar-refractivity contribution >= 4 is 5.69 Å². The molecule has 0 radical (unpaired) electrons. The van der Waals surface area contributed by atoms with Crippen LogP contribution in [-0.2, 0) is 0 Å². The molecule has 1 aromatic rings. The Kier molecular flexibility index (Phi) is 4.24. The van der Waals surface area contributed by atoms with Gasteiger partial charge in [-0.3, -0.25) is 0 Å². The Hall–Kier alpha value is -1.37. The molecule has 1 saturated heterocycles. The molecule has 1 aromatic heterocycles. The standard InChI is InChI=1S/C12H15F4N3/c1-18(6-7-19-4-2-3-5-19)10-8(13)11(15)17-12(16)9(10)14/h2-7H2,1H3. The molecule has 0 aliphatic carbocycles. The van der Waals surface area contributed by atoms with Crippen molar-refractivity contribution in [1.82, 2.24) is 9.88 Å². The average Bonchev–Trinajstić information content (AvgIpc) is 2.87. The number of rotatable bonds is 4. The van der Waals surface area contributed by atoms with Gasteiger partial charge in [0.15, 0.2) is 0 Å². The maximum atomic E-state index is 13.5. The normalized spacial score (nSPS) is 16.1. The van der Waals surface area contributed by atoms with Gasteiger partial charge in [0.05, 0.1) is 0 Å². The molecule has 0 spiro atoms. The second kappa shape index (κ2) is 5.73. The van der Waals surface area contributed by atoms with Gasteiger partial charge in [0.2, 0.25) is 11.6 Å². The summed E-state index contributed by atoms with van der Waals surface area (Å²) in [5.41, 5.74) is -0.704. The summed E-state index contributed by atoms with van der Waals surface area (Å²) in [4.78, 5) is 5.85. The van der Waals surface area contributed by atoms with Crippen molar-refractivity contribution in [2.24, 2.45) is 0 Å². The summed E-state index contributed by atoms with van der Waals surface area (Å²) in [6.45, 7) is 2.77. The number of hydrogen-bond donors (Lipinski definition) is 0. The van der Waals surface area contributed by atoms with Crippen molar-refractivity contribution in [2.45, 2.75) is 12.8 Å². The highest BCUT2D eigenvalue weighted by Crippen LogP contribution is 2.25. The van der Waals surface area contributed by atoms with E-state index in [9.17, 15) is 17.6 Å². The van der Waals surface area contributed by atoms with Gasteiger partial charge in [-0.1, -0.05) is 0 Å². The lowest BCUT2D eigenvalue weighted by molar-refractivity contribution is 0.344. The van der Waals surface area contributed by atoms with Gasteiger partial charge in [-0.25, -0.2) is 0 Å². The Labute approximate surface area is 108 Å². The van der Waals surface area contributed by atoms with Crippen molar-refractivity contribution in [2.75, 3.05) is 38.1 Å². The van der Waals surface area contributed by atoms with Crippen LogP contribution < -0.4 is 4.90 Å². The summed E-state index contributed by atoms with van der Waals surface area (Å²) in [7, 11) is 1.40. The SMILES string of the molecule is CN(CCN1CCCC1)c1c(F)c(F)nc(F)c1F. The topological polar surface area (TPSA) is 19.4 Å². The highest BCUT2D eigenvalue weighted by atomic mass is 19.2. The molecule has 0 bridgehead atoms. The van der Waals surface area contributed by atoms with Crippen LogP contribution in [0.15, 0.2) is 0 Å². The van der Waals surface area contributed by atoms with Crippen molar-refractivity contribution in [1.29, 1.82) is 0 Å². The molecular formula is C12H15F4N3. The molecule has 1 aliphatic rings. The average molecular weight is 277 g/mol.